The van der Waals surface area contributed by atoms with Crippen molar-refractivity contribution in [2.45, 2.75) is 25.7 Å². The van der Waals surface area contributed by atoms with Gasteiger partial charge in [0, 0.05) is 11.1 Å². The first-order valence-electron chi connectivity index (χ1n) is 18.4. The molecule has 7 aromatic carbocycles. The molecule has 0 bridgehead atoms. The molecule has 8 aromatic rings. The van der Waals surface area contributed by atoms with Gasteiger partial charge in [0.1, 0.15) is 11.0 Å². The van der Waals surface area contributed by atoms with Crippen LogP contribution in [0.5, 0.6) is 0 Å². The summed E-state index contributed by atoms with van der Waals surface area (Å²) < 4.78 is 9.76. The molecule has 0 aliphatic heterocycles. The topological polar surface area (TPSA) is 121 Å². The number of nitrogens with zero attached hydrogens (tertiary/aromatic N) is 6. The summed E-state index contributed by atoms with van der Waals surface area (Å²) in [5.41, 5.74) is 17.7. The molecule has 0 atom stereocenters. The van der Waals surface area contributed by atoms with E-state index >= 15 is 0 Å². The van der Waals surface area contributed by atoms with Crippen molar-refractivity contribution in [3.8, 4) is 91.0 Å². The van der Waals surface area contributed by atoms with Gasteiger partial charge in [0.2, 0.25) is 0 Å². The fraction of sp³-hybridized carbons (Fsp3) is 0.0800. The number of benzene rings is 7. The van der Waals surface area contributed by atoms with E-state index in [1.807, 2.05) is 48.5 Å². The second-order valence-corrected chi connectivity index (χ2v) is 14.4. The van der Waals surface area contributed by atoms with Gasteiger partial charge >= 0.3 is 0 Å². The predicted molar refractivity (Wildman–Crippen MR) is 227 cm³/mol. The highest BCUT2D eigenvalue weighted by molar-refractivity contribution is 7.00. The van der Waals surface area contributed by atoms with Crippen molar-refractivity contribution in [3.05, 3.63) is 168 Å². The first-order chi connectivity index (χ1) is 28.0. The summed E-state index contributed by atoms with van der Waals surface area (Å²) in [6.07, 6.45) is 1.43. The van der Waals surface area contributed by atoms with Gasteiger partial charge in [-0.25, -0.2) is 0 Å². The minimum Gasteiger partial charge on any atom is -0.198 e. The smallest absolute Gasteiger partial charge is 0.113 e. The molecule has 0 aliphatic carbocycles. The maximum Gasteiger partial charge on any atom is 0.113 e. The van der Waals surface area contributed by atoms with Gasteiger partial charge in [-0.3, -0.25) is 0 Å². The second-order valence-electron chi connectivity index (χ2n) is 13.8. The molecule has 6 nitrogen and oxygen atoms in total. The quantitative estimate of drug-likeness (QED) is 0.137. The van der Waals surface area contributed by atoms with E-state index in [2.05, 4.69) is 121 Å². The largest absolute Gasteiger partial charge is 0.198 e. The summed E-state index contributed by atoms with van der Waals surface area (Å²) in [5, 5.41) is 36.9. The van der Waals surface area contributed by atoms with Crippen molar-refractivity contribution in [1.82, 2.24) is 8.75 Å². The predicted octanol–water partition coefficient (Wildman–Crippen LogP) is 12.0. The van der Waals surface area contributed by atoms with Crippen molar-refractivity contribution >= 4 is 22.8 Å². The van der Waals surface area contributed by atoms with Crippen molar-refractivity contribution in [2.24, 2.45) is 0 Å². The molecule has 0 aliphatic rings. The van der Waals surface area contributed by atoms with Crippen LogP contribution in [0, 0.1) is 45.3 Å². The molecule has 8 rings (SSSR count). The lowest BCUT2D eigenvalue weighted by atomic mass is 9.89. The van der Waals surface area contributed by atoms with Crippen LogP contribution in [0.2, 0.25) is 0 Å². The van der Waals surface area contributed by atoms with Crippen LogP contribution in [0.25, 0.3) is 77.8 Å². The van der Waals surface area contributed by atoms with E-state index in [1.165, 1.54) is 11.7 Å². The Morgan fingerprint density at radius 3 is 0.807 bits per heavy atom. The van der Waals surface area contributed by atoms with E-state index in [0.717, 1.165) is 100 Å². The molecule has 0 fully saturated rings. The zero-order valence-electron chi connectivity index (χ0n) is 30.8. The first kappa shape index (κ1) is 36.3. The summed E-state index contributed by atoms with van der Waals surface area (Å²) in [6.45, 7) is 0. The Labute approximate surface area is 335 Å². The van der Waals surface area contributed by atoms with E-state index < -0.39 is 0 Å². The third-order valence-corrected chi connectivity index (χ3v) is 10.7. The maximum atomic E-state index is 9.23. The molecule has 0 spiro atoms. The average molecular weight is 749 g/mol. The zero-order valence-corrected chi connectivity index (χ0v) is 31.6. The van der Waals surface area contributed by atoms with Gasteiger partial charge in [0.05, 0.1) is 61.7 Å². The molecule has 7 heteroatoms. The van der Waals surface area contributed by atoms with Crippen LogP contribution >= 0.6 is 11.7 Å². The third-order valence-electron chi connectivity index (χ3n) is 10.2. The molecular weight excluding hydrogens is 717 g/mol. The summed E-state index contributed by atoms with van der Waals surface area (Å²) in [6, 6.07) is 58.8. The molecule has 0 amide bonds. The summed E-state index contributed by atoms with van der Waals surface area (Å²) in [7, 11) is 0. The number of hydrogen-bond donors (Lipinski definition) is 0. The average Bonchev–Trinajstić information content (AvgIpc) is 3.75. The lowest BCUT2D eigenvalue weighted by molar-refractivity contribution is 1.26. The Bertz CT molecular complexity index is 2560. The van der Waals surface area contributed by atoms with Gasteiger partial charge in [0.15, 0.2) is 0 Å². The van der Waals surface area contributed by atoms with Crippen LogP contribution in [0.1, 0.15) is 22.3 Å². The van der Waals surface area contributed by atoms with Crippen molar-refractivity contribution in [3.63, 3.8) is 0 Å². The number of nitriles is 4. The molecule has 268 valence electrons. The standard InChI is InChI=1S/C50H32N6S/c51-23-19-33-1-9-37(10-2-33)41-27-42(38-11-3-34(4-12-38)20-24-52)30-45(29-41)47-17-18-48(50-49(47)55-57-56-50)46-31-43(39-13-5-35(6-14-39)21-25-53)28-44(32-46)40-15-7-36(8-16-40)22-26-54/h1-18,27-32H,19-22H2. The lowest BCUT2D eigenvalue weighted by Gasteiger charge is -2.14. The molecule has 0 unspecified atom stereocenters. The number of rotatable bonds is 10. The number of fused-ring (bicyclic) bond motifs is 1. The SMILES string of the molecule is N#CCc1ccc(-c2cc(-c3ccc(CC#N)cc3)cc(-c3ccc(-c4cc(-c5ccc(CC#N)cc5)cc(-c5ccc(CC#N)cc5)c4)c4nsnc34)c2)cc1. The summed E-state index contributed by atoms with van der Waals surface area (Å²) in [5.74, 6) is 0. The van der Waals surface area contributed by atoms with Gasteiger partial charge < -0.3 is 0 Å². The van der Waals surface area contributed by atoms with Crippen LogP contribution in [0.4, 0.5) is 0 Å². The Morgan fingerprint density at radius 2 is 0.561 bits per heavy atom. The minimum atomic E-state index is 0.357. The molecule has 1 heterocycles. The lowest BCUT2D eigenvalue weighted by Crippen LogP contribution is -1.91. The van der Waals surface area contributed by atoms with Crippen LogP contribution in [-0.4, -0.2) is 8.75 Å². The molecule has 1 aromatic heterocycles. The highest BCUT2D eigenvalue weighted by atomic mass is 32.1. The van der Waals surface area contributed by atoms with Crippen LogP contribution < -0.4 is 0 Å². The van der Waals surface area contributed by atoms with Gasteiger partial charge in [-0.15, -0.1) is 0 Å². The third kappa shape index (κ3) is 7.80. The van der Waals surface area contributed by atoms with Crippen molar-refractivity contribution in [1.29, 1.82) is 21.0 Å². The Kier molecular flexibility index (Phi) is 10.4. The number of hydrogen-bond acceptors (Lipinski definition) is 7. The van der Waals surface area contributed by atoms with E-state index in [4.69, 9.17) is 8.75 Å². The van der Waals surface area contributed by atoms with E-state index in [1.54, 1.807) is 0 Å². The maximum absolute atomic E-state index is 9.23. The fourth-order valence-corrected chi connectivity index (χ4v) is 7.76. The first-order valence-corrected chi connectivity index (χ1v) is 19.2. The van der Waals surface area contributed by atoms with E-state index in [-0.39, 0.29) is 0 Å². The molecular formula is C50H32N6S. The summed E-state index contributed by atoms with van der Waals surface area (Å²) >= 11 is 1.19. The number of aromatic nitrogens is 2. The van der Waals surface area contributed by atoms with Crippen molar-refractivity contribution < 1.29 is 0 Å². The monoisotopic (exact) mass is 748 g/mol. The Morgan fingerprint density at radius 1 is 0.316 bits per heavy atom. The second kappa shape index (κ2) is 16.4. The highest BCUT2D eigenvalue weighted by Gasteiger charge is 2.17. The molecule has 0 N–H and O–H groups in total. The van der Waals surface area contributed by atoms with Gasteiger partial charge in [0.25, 0.3) is 0 Å². The van der Waals surface area contributed by atoms with Crippen LogP contribution in [0.3, 0.4) is 0 Å². The van der Waals surface area contributed by atoms with E-state index in [9.17, 15) is 21.0 Å². The van der Waals surface area contributed by atoms with Crippen LogP contribution in [0.15, 0.2) is 146 Å². The Hall–Kier alpha value is -7.68. The Balaban J connectivity index is 1.26. The summed E-state index contributed by atoms with van der Waals surface area (Å²) in [4.78, 5) is 0. The molecule has 0 radical (unpaired) electrons. The molecule has 0 saturated carbocycles. The van der Waals surface area contributed by atoms with Crippen molar-refractivity contribution in [2.75, 3.05) is 0 Å². The van der Waals surface area contributed by atoms with Gasteiger partial charge in [-0.05, 0) is 114 Å². The van der Waals surface area contributed by atoms with Crippen LogP contribution in [-0.2, 0) is 25.7 Å². The van der Waals surface area contributed by atoms with E-state index in [0.29, 0.717) is 25.7 Å². The fourth-order valence-electron chi connectivity index (χ4n) is 7.19. The zero-order chi connectivity index (χ0) is 39.1. The molecule has 57 heavy (non-hydrogen) atoms. The normalized spacial score (nSPS) is 10.7. The van der Waals surface area contributed by atoms with Gasteiger partial charge in [-0.1, -0.05) is 109 Å². The molecule has 0 saturated heterocycles. The van der Waals surface area contributed by atoms with Gasteiger partial charge in [-0.2, -0.15) is 29.8 Å². The highest BCUT2D eigenvalue weighted by Crippen LogP contribution is 2.41. The minimum absolute atomic E-state index is 0.357.